The topological polar surface area (TPSA) is 41.6 Å². The van der Waals surface area contributed by atoms with Crippen LogP contribution in [-0.2, 0) is 9.53 Å². The molecule has 0 atom stereocenters. The van der Waals surface area contributed by atoms with Gasteiger partial charge >= 0.3 is 0 Å². The fourth-order valence-corrected chi connectivity index (χ4v) is 2.75. The Hall–Kier alpha value is -0.610. The maximum absolute atomic E-state index is 11.9. The van der Waals surface area contributed by atoms with E-state index in [0.29, 0.717) is 17.7 Å². The summed E-state index contributed by atoms with van der Waals surface area (Å²) in [6, 6.07) is 0. The van der Waals surface area contributed by atoms with Crippen molar-refractivity contribution in [1.29, 1.82) is 0 Å². The number of ether oxygens (including phenoxy) is 1. The number of amides is 1. The van der Waals surface area contributed by atoms with Crippen molar-refractivity contribution < 1.29 is 9.53 Å². The van der Waals surface area contributed by atoms with Gasteiger partial charge < -0.3 is 15.0 Å². The molecule has 92 valence electrons. The molecule has 4 nitrogen and oxygen atoms in total. The third-order valence-electron chi connectivity index (χ3n) is 3.93. The summed E-state index contributed by atoms with van der Waals surface area (Å²) in [5.41, 5.74) is 0.382. The predicted molar refractivity (Wildman–Crippen MR) is 62.2 cm³/mol. The first-order valence-electron chi connectivity index (χ1n) is 6.26. The van der Waals surface area contributed by atoms with Gasteiger partial charge in [-0.15, -0.1) is 0 Å². The van der Waals surface area contributed by atoms with Gasteiger partial charge in [0.15, 0.2) is 0 Å². The molecule has 0 aromatic carbocycles. The van der Waals surface area contributed by atoms with E-state index in [9.17, 15) is 4.79 Å². The molecule has 1 amide bonds. The van der Waals surface area contributed by atoms with Crippen LogP contribution in [0.5, 0.6) is 0 Å². The van der Waals surface area contributed by atoms with E-state index in [0.717, 1.165) is 45.7 Å². The van der Waals surface area contributed by atoms with E-state index in [1.54, 1.807) is 0 Å². The van der Waals surface area contributed by atoms with Crippen LogP contribution in [0.3, 0.4) is 0 Å². The highest BCUT2D eigenvalue weighted by atomic mass is 16.5. The molecule has 2 saturated heterocycles. The lowest BCUT2D eigenvalue weighted by Gasteiger charge is -2.33. The first-order chi connectivity index (χ1) is 7.76. The van der Waals surface area contributed by atoms with Crippen molar-refractivity contribution in [3.63, 3.8) is 0 Å². The summed E-state index contributed by atoms with van der Waals surface area (Å²) >= 11 is 0. The molecule has 0 radical (unpaired) electrons. The summed E-state index contributed by atoms with van der Waals surface area (Å²) in [5, 5.41) is 3.03. The number of nitrogens with one attached hydrogen (secondary N) is 1. The molecular formula is C12H22N2O2. The molecule has 0 aromatic heterocycles. The van der Waals surface area contributed by atoms with E-state index in [2.05, 4.69) is 5.32 Å². The van der Waals surface area contributed by atoms with Gasteiger partial charge in [0.05, 0.1) is 0 Å². The molecule has 0 aromatic rings. The Labute approximate surface area is 97.3 Å². The fourth-order valence-electron chi connectivity index (χ4n) is 2.75. The predicted octanol–water partition coefficient (Wildman–Crippen LogP) is 0.625. The van der Waals surface area contributed by atoms with Crippen LogP contribution in [0.25, 0.3) is 0 Å². The Morgan fingerprint density at radius 2 is 2.12 bits per heavy atom. The highest BCUT2D eigenvalue weighted by molar-refractivity contribution is 5.76. The molecule has 0 saturated carbocycles. The molecule has 1 spiro atoms. The highest BCUT2D eigenvalue weighted by Gasteiger charge is 2.40. The van der Waals surface area contributed by atoms with Crippen LogP contribution in [0.4, 0.5) is 0 Å². The fraction of sp³-hybridized carbons (Fsp3) is 0.917. The number of carbonyl (C=O) groups excluding carboxylic acids is 1. The summed E-state index contributed by atoms with van der Waals surface area (Å²) in [4.78, 5) is 13.9. The minimum Gasteiger partial charge on any atom is -0.381 e. The Balaban J connectivity index is 1.84. The second-order valence-corrected chi connectivity index (χ2v) is 5.03. The molecule has 2 aliphatic rings. The van der Waals surface area contributed by atoms with Crippen molar-refractivity contribution in [1.82, 2.24) is 10.2 Å². The van der Waals surface area contributed by atoms with E-state index in [4.69, 9.17) is 4.74 Å². The molecule has 2 rings (SSSR count). The van der Waals surface area contributed by atoms with Crippen LogP contribution < -0.4 is 5.32 Å². The smallest absolute Gasteiger partial charge is 0.223 e. The van der Waals surface area contributed by atoms with Crippen molar-refractivity contribution in [3.05, 3.63) is 0 Å². The zero-order valence-corrected chi connectivity index (χ0v) is 10.1. The molecule has 2 fully saturated rings. The first-order valence-corrected chi connectivity index (χ1v) is 6.26. The van der Waals surface area contributed by atoms with Crippen LogP contribution in [0.2, 0.25) is 0 Å². The van der Waals surface area contributed by atoms with Crippen molar-refractivity contribution in [2.24, 2.45) is 5.41 Å². The summed E-state index contributed by atoms with van der Waals surface area (Å²) < 4.78 is 5.40. The zero-order chi connectivity index (χ0) is 11.4. The van der Waals surface area contributed by atoms with Crippen molar-refractivity contribution in [2.75, 3.05) is 39.9 Å². The number of hydrogen-bond acceptors (Lipinski definition) is 3. The Morgan fingerprint density at radius 1 is 1.38 bits per heavy atom. The molecule has 0 unspecified atom stereocenters. The molecule has 1 N–H and O–H groups in total. The molecular weight excluding hydrogens is 204 g/mol. The maximum Gasteiger partial charge on any atom is 0.223 e. The summed E-state index contributed by atoms with van der Waals surface area (Å²) in [5.74, 6) is 0.303. The first kappa shape index (κ1) is 11.9. The number of hydrogen-bond donors (Lipinski definition) is 1. The average molecular weight is 226 g/mol. The second-order valence-electron chi connectivity index (χ2n) is 5.03. The van der Waals surface area contributed by atoms with Crippen molar-refractivity contribution in [3.8, 4) is 0 Å². The van der Waals surface area contributed by atoms with E-state index in [-0.39, 0.29) is 0 Å². The lowest BCUT2D eigenvalue weighted by Crippen LogP contribution is -2.36. The SMILES string of the molecule is CNCCC(=O)N1CCC2(CCOCC2)C1. The van der Waals surface area contributed by atoms with E-state index >= 15 is 0 Å². The Kier molecular flexibility index (Phi) is 3.82. The van der Waals surface area contributed by atoms with E-state index in [1.165, 1.54) is 6.42 Å². The normalized spacial score (nSPS) is 23.9. The zero-order valence-electron chi connectivity index (χ0n) is 10.1. The highest BCUT2D eigenvalue weighted by Crippen LogP contribution is 2.39. The number of carbonyl (C=O) groups is 1. The van der Waals surface area contributed by atoms with Crippen LogP contribution in [0, 0.1) is 5.41 Å². The Morgan fingerprint density at radius 3 is 2.81 bits per heavy atom. The van der Waals surface area contributed by atoms with Crippen molar-refractivity contribution in [2.45, 2.75) is 25.7 Å². The van der Waals surface area contributed by atoms with Gasteiger partial charge in [0.2, 0.25) is 5.91 Å². The lowest BCUT2D eigenvalue weighted by atomic mass is 9.80. The van der Waals surface area contributed by atoms with Gasteiger partial charge in [-0.2, -0.15) is 0 Å². The minimum absolute atomic E-state index is 0.303. The number of likely N-dealkylation sites (tertiary alicyclic amines) is 1. The van der Waals surface area contributed by atoms with Gasteiger partial charge in [0.1, 0.15) is 0 Å². The van der Waals surface area contributed by atoms with Gasteiger partial charge in [-0.05, 0) is 31.7 Å². The monoisotopic (exact) mass is 226 g/mol. The average Bonchev–Trinajstić information content (AvgIpc) is 2.71. The van der Waals surface area contributed by atoms with Crippen LogP contribution in [0.15, 0.2) is 0 Å². The quantitative estimate of drug-likeness (QED) is 0.767. The molecule has 4 heteroatoms. The molecule has 16 heavy (non-hydrogen) atoms. The summed E-state index contributed by atoms with van der Waals surface area (Å²) in [6.07, 6.45) is 4.05. The maximum atomic E-state index is 11.9. The van der Waals surface area contributed by atoms with Gasteiger partial charge in [-0.3, -0.25) is 4.79 Å². The van der Waals surface area contributed by atoms with Gasteiger partial charge in [0, 0.05) is 39.3 Å². The molecule has 0 aliphatic carbocycles. The van der Waals surface area contributed by atoms with Gasteiger partial charge in [-0.1, -0.05) is 0 Å². The van der Waals surface area contributed by atoms with Gasteiger partial charge in [-0.25, -0.2) is 0 Å². The molecule has 2 heterocycles. The third-order valence-corrected chi connectivity index (χ3v) is 3.93. The molecule has 0 bridgehead atoms. The van der Waals surface area contributed by atoms with Crippen LogP contribution in [0.1, 0.15) is 25.7 Å². The minimum atomic E-state index is 0.303. The largest absolute Gasteiger partial charge is 0.381 e. The second kappa shape index (κ2) is 5.15. The summed E-state index contributed by atoms with van der Waals surface area (Å²) in [7, 11) is 1.89. The van der Waals surface area contributed by atoms with E-state index < -0.39 is 0 Å². The molecule has 2 aliphatic heterocycles. The van der Waals surface area contributed by atoms with E-state index in [1.807, 2.05) is 11.9 Å². The standard InChI is InChI=1S/C12H22N2O2/c1-13-6-2-11(15)14-7-3-12(10-14)4-8-16-9-5-12/h13H,2-10H2,1H3. The van der Waals surface area contributed by atoms with Gasteiger partial charge in [0.25, 0.3) is 0 Å². The summed E-state index contributed by atoms with van der Waals surface area (Å²) in [6.45, 7) is 4.43. The number of nitrogens with zero attached hydrogens (tertiary/aromatic N) is 1. The van der Waals surface area contributed by atoms with Crippen LogP contribution >= 0.6 is 0 Å². The number of rotatable bonds is 3. The Bertz CT molecular complexity index is 249. The lowest BCUT2D eigenvalue weighted by molar-refractivity contribution is -0.130. The third kappa shape index (κ3) is 2.55. The van der Waals surface area contributed by atoms with Crippen molar-refractivity contribution >= 4 is 5.91 Å². The van der Waals surface area contributed by atoms with Crippen LogP contribution in [-0.4, -0.2) is 50.7 Å².